The monoisotopic (exact) mass is 264 g/mol. The molecule has 0 spiro atoms. The number of carbonyl (C=O) groups excluding carboxylic acids is 1. The van der Waals surface area contributed by atoms with E-state index in [0.717, 1.165) is 10.0 Å². The van der Waals surface area contributed by atoms with Crippen LogP contribution in [0.3, 0.4) is 0 Å². The number of carbonyl (C=O) groups is 1. The Kier molecular flexibility index (Phi) is 2.74. The van der Waals surface area contributed by atoms with Crippen molar-refractivity contribution in [2.75, 3.05) is 0 Å². The van der Waals surface area contributed by atoms with E-state index in [9.17, 15) is 4.79 Å². The molecular weight excluding hydrogens is 256 g/mol. The zero-order valence-electron chi connectivity index (χ0n) is 7.98. The zero-order valence-corrected chi connectivity index (χ0v) is 9.57. The van der Waals surface area contributed by atoms with Crippen molar-refractivity contribution < 1.29 is 4.79 Å². The molecule has 4 heteroatoms. The van der Waals surface area contributed by atoms with Crippen LogP contribution in [0.25, 0.3) is 0 Å². The number of halogens is 1. The highest BCUT2D eigenvalue weighted by Crippen LogP contribution is 2.24. The molecule has 0 aromatic heterocycles. The maximum absolute atomic E-state index is 11.3. The molecule has 1 atom stereocenters. The molecule has 1 fully saturated rings. The molecule has 76 valence electrons. The summed E-state index contributed by atoms with van der Waals surface area (Å²) in [5.41, 5.74) is 1.03. The van der Waals surface area contributed by atoms with Gasteiger partial charge < -0.3 is 4.90 Å². The molecule has 1 aromatic rings. The minimum Gasteiger partial charge on any atom is -0.322 e. The van der Waals surface area contributed by atoms with Gasteiger partial charge in [0.25, 0.3) is 0 Å². The quantitative estimate of drug-likeness (QED) is 0.768. The molecule has 0 bridgehead atoms. The highest BCUT2D eigenvalue weighted by molar-refractivity contribution is 9.10. The zero-order chi connectivity index (χ0) is 10.8. The number of nitrogens with zero attached hydrogens (tertiary/aromatic N) is 2. The van der Waals surface area contributed by atoms with Gasteiger partial charge in [0.15, 0.2) is 0 Å². The van der Waals surface area contributed by atoms with Gasteiger partial charge in [-0.15, -0.1) is 0 Å². The van der Waals surface area contributed by atoms with E-state index in [1.807, 2.05) is 24.3 Å². The highest BCUT2D eigenvalue weighted by atomic mass is 79.9. The van der Waals surface area contributed by atoms with Gasteiger partial charge in [-0.3, -0.25) is 4.79 Å². The third-order valence-corrected chi connectivity index (χ3v) is 3.29. The Morgan fingerprint density at radius 2 is 2.27 bits per heavy atom. The molecule has 1 saturated heterocycles. The fraction of sp³-hybridized carbons (Fsp3) is 0.273. The lowest BCUT2D eigenvalue weighted by Crippen LogP contribution is -2.51. The predicted octanol–water partition coefficient (Wildman–Crippen LogP) is 2.07. The molecule has 0 N–H and O–H groups in total. The van der Waals surface area contributed by atoms with Gasteiger partial charge in [-0.2, -0.15) is 5.26 Å². The number of rotatable bonds is 2. The first-order valence-corrected chi connectivity index (χ1v) is 5.44. The van der Waals surface area contributed by atoms with Crippen molar-refractivity contribution >= 4 is 21.8 Å². The van der Waals surface area contributed by atoms with Crippen LogP contribution in [0.2, 0.25) is 0 Å². The SMILES string of the molecule is N#CC1CC(=O)N1Cc1ccccc1Br. The Hall–Kier alpha value is -1.34. The van der Waals surface area contributed by atoms with Crippen LogP contribution in [-0.4, -0.2) is 16.8 Å². The second kappa shape index (κ2) is 4.03. The minimum atomic E-state index is -0.246. The molecule has 2 rings (SSSR count). The second-order valence-corrected chi connectivity index (χ2v) is 4.32. The van der Waals surface area contributed by atoms with Gasteiger partial charge >= 0.3 is 0 Å². The Morgan fingerprint density at radius 1 is 1.53 bits per heavy atom. The molecule has 0 radical (unpaired) electrons. The molecule has 1 aromatic carbocycles. The van der Waals surface area contributed by atoms with Crippen molar-refractivity contribution in [2.45, 2.75) is 19.0 Å². The van der Waals surface area contributed by atoms with Gasteiger partial charge in [-0.05, 0) is 11.6 Å². The fourth-order valence-corrected chi connectivity index (χ4v) is 1.99. The lowest BCUT2D eigenvalue weighted by Gasteiger charge is -2.36. The Labute approximate surface area is 96.4 Å². The van der Waals surface area contributed by atoms with Crippen LogP contribution in [0.15, 0.2) is 28.7 Å². The van der Waals surface area contributed by atoms with Gasteiger partial charge in [0.05, 0.1) is 12.5 Å². The number of benzene rings is 1. The number of hydrogen-bond donors (Lipinski definition) is 0. The van der Waals surface area contributed by atoms with E-state index in [4.69, 9.17) is 5.26 Å². The highest BCUT2D eigenvalue weighted by Gasteiger charge is 2.35. The van der Waals surface area contributed by atoms with Crippen molar-refractivity contribution in [1.29, 1.82) is 5.26 Å². The van der Waals surface area contributed by atoms with Crippen LogP contribution in [-0.2, 0) is 11.3 Å². The van der Waals surface area contributed by atoms with Gasteiger partial charge in [0, 0.05) is 11.0 Å². The number of β-lactam (4-membered cyclic amide) rings is 1. The van der Waals surface area contributed by atoms with Gasteiger partial charge in [0.2, 0.25) is 5.91 Å². The van der Waals surface area contributed by atoms with Crippen LogP contribution in [0, 0.1) is 11.3 Å². The lowest BCUT2D eigenvalue weighted by atomic mass is 10.0. The molecule has 3 nitrogen and oxygen atoms in total. The third kappa shape index (κ3) is 1.88. The Bertz CT molecular complexity index is 438. The lowest BCUT2D eigenvalue weighted by molar-refractivity contribution is -0.144. The Balaban J connectivity index is 2.13. The average Bonchev–Trinajstić information content (AvgIpc) is 2.24. The van der Waals surface area contributed by atoms with Crippen molar-refractivity contribution in [3.8, 4) is 6.07 Å². The standard InChI is InChI=1S/C11H9BrN2O/c12-10-4-2-1-3-8(10)7-14-9(6-13)5-11(14)15/h1-4,9H,5,7H2. The smallest absolute Gasteiger partial charge is 0.227 e. The Morgan fingerprint density at radius 3 is 2.87 bits per heavy atom. The normalized spacial score (nSPS) is 19.6. The number of hydrogen-bond acceptors (Lipinski definition) is 2. The van der Waals surface area contributed by atoms with Crippen molar-refractivity contribution in [3.63, 3.8) is 0 Å². The summed E-state index contributed by atoms with van der Waals surface area (Å²) in [6.45, 7) is 0.512. The molecule has 15 heavy (non-hydrogen) atoms. The number of likely N-dealkylation sites (tertiary alicyclic amines) is 1. The van der Waals surface area contributed by atoms with Crippen LogP contribution < -0.4 is 0 Å². The van der Waals surface area contributed by atoms with Crippen LogP contribution in [0.4, 0.5) is 0 Å². The van der Waals surface area contributed by atoms with E-state index >= 15 is 0 Å². The maximum atomic E-state index is 11.3. The summed E-state index contributed by atoms with van der Waals surface area (Å²) in [6, 6.07) is 9.59. The summed E-state index contributed by atoms with van der Waals surface area (Å²) >= 11 is 3.42. The molecule has 1 heterocycles. The van der Waals surface area contributed by atoms with Gasteiger partial charge in [0.1, 0.15) is 6.04 Å². The summed E-state index contributed by atoms with van der Waals surface area (Å²) < 4.78 is 0.974. The van der Waals surface area contributed by atoms with E-state index in [-0.39, 0.29) is 11.9 Å². The van der Waals surface area contributed by atoms with Gasteiger partial charge in [-0.25, -0.2) is 0 Å². The number of nitriles is 1. The third-order valence-electron chi connectivity index (χ3n) is 2.51. The largest absolute Gasteiger partial charge is 0.322 e. The maximum Gasteiger partial charge on any atom is 0.227 e. The van der Waals surface area contributed by atoms with E-state index in [1.54, 1.807) is 4.90 Å². The minimum absolute atomic E-state index is 0.0531. The van der Waals surface area contributed by atoms with Crippen molar-refractivity contribution in [1.82, 2.24) is 4.90 Å². The molecule has 1 unspecified atom stereocenters. The van der Waals surface area contributed by atoms with Crippen molar-refractivity contribution in [2.24, 2.45) is 0 Å². The molecular formula is C11H9BrN2O. The molecule has 1 aliphatic heterocycles. The topological polar surface area (TPSA) is 44.1 Å². The fourth-order valence-electron chi connectivity index (χ4n) is 1.58. The first kappa shape index (κ1) is 10.2. The molecule has 0 saturated carbocycles. The van der Waals surface area contributed by atoms with Crippen molar-refractivity contribution in [3.05, 3.63) is 34.3 Å². The summed E-state index contributed by atoms with van der Waals surface area (Å²) in [5.74, 6) is 0.0531. The summed E-state index contributed by atoms with van der Waals surface area (Å²) in [5, 5.41) is 8.77. The summed E-state index contributed by atoms with van der Waals surface area (Å²) in [7, 11) is 0. The number of amides is 1. The predicted molar refractivity (Wildman–Crippen MR) is 58.7 cm³/mol. The van der Waals surface area contributed by atoms with Gasteiger partial charge in [-0.1, -0.05) is 34.1 Å². The van der Waals surface area contributed by atoms with E-state index in [0.29, 0.717) is 13.0 Å². The molecule has 1 amide bonds. The summed E-state index contributed by atoms with van der Waals surface area (Å²) in [6.07, 6.45) is 0.362. The first-order chi connectivity index (χ1) is 7.22. The second-order valence-electron chi connectivity index (χ2n) is 3.46. The summed E-state index contributed by atoms with van der Waals surface area (Å²) in [4.78, 5) is 12.9. The first-order valence-electron chi connectivity index (χ1n) is 4.65. The molecule has 0 aliphatic carbocycles. The van der Waals surface area contributed by atoms with Crippen LogP contribution >= 0.6 is 15.9 Å². The van der Waals surface area contributed by atoms with E-state index in [2.05, 4.69) is 22.0 Å². The molecule has 1 aliphatic rings. The van der Waals surface area contributed by atoms with E-state index < -0.39 is 0 Å². The van der Waals surface area contributed by atoms with E-state index in [1.165, 1.54) is 0 Å². The van der Waals surface area contributed by atoms with Crippen LogP contribution in [0.1, 0.15) is 12.0 Å². The average molecular weight is 265 g/mol. The van der Waals surface area contributed by atoms with Crippen LogP contribution in [0.5, 0.6) is 0 Å².